The Morgan fingerprint density at radius 3 is 2.10 bits per heavy atom. The minimum Gasteiger partial charge on any atom is -0.373 e. The quantitative estimate of drug-likeness (QED) is 0.272. The van der Waals surface area contributed by atoms with E-state index in [1.54, 1.807) is 6.08 Å². The molecule has 1 saturated carbocycles. The molecule has 0 unspecified atom stereocenters. The zero-order valence-electron chi connectivity index (χ0n) is 18.7. The van der Waals surface area contributed by atoms with Crippen molar-refractivity contribution in [3.63, 3.8) is 0 Å². The first kappa shape index (κ1) is 22.6. The van der Waals surface area contributed by atoms with Gasteiger partial charge >= 0.3 is 0 Å². The van der Waals surface area contributed by atoms with Gasteiger partial charge in [-0.3, -0.25) is 0 Å². The van der Waals surface area contributed by atoms with Crippen LogP contribution in [0.2, 0.25) is 0 Å². The molecule has 1 heteroatoms. The van der Waals surface area contributed by atoms with Gasteiger partial charge in [0.1, 0.15) is 0 Å². The molecule has 0 radical (unpaired) electrons. The Morgan fingerprint density at radius 1 is 0.867 bits per heavy atom. The smallest absolute Gasteiger partial charge is 0.0721 e. The summed E-state index contributed by atoms with van der Waals surface area (Å²) in [7, 11) is 0. The SMILES string of the molecule is C=CCOCc1ccc(-c2ccc(CCCCC3CCC(/C=C/C)CC3)cc2)cc1. The van der Waals surface area contributed by atoms with Crippen LogP contribution in [0.3, 0.4) is 0 Å². The third-order valence-electron chi connectivity index (χ3n) is 6.43. The van der Waals surface area contributed by atoms with Crippen LogP contribution in [0.15, 0.2) is 73.3 Å². The maximum atomic E-state index is 5.51. The number of aryl methyl sites for hydroxylation is 1. The first-order valence-electron chi connectivity index (χ1n) is 11.8. The Balaban J connectivity index is 1.38. The minimum atomic E-state index is 0.598. The highest BCUT2D eigenvalue weighted by Gasteiger charge is 2.18. The molecule has 3 rings (SSSR count). The van der Waals surface area contributed by atoms with E-state index in [1.165, 1.54) is 73.6 Å². The maximum absolute atomic E-state index is 5.51. The van der Waals surface area contributed by atoms with Crippen LogP contribution in [0.25, 0.3) is 11.1 Å². The lowest BCUT2D eigenvalue weighted by molar-refractivity contribution is 0.149. The van der Waals surface area contributed by atoms with Gasteiger partial charge < -0.3 is 4.74 Å². The normalized spacial score (nSPS) is 19.2. The lowest BCUT2D eigenvalue weighted by Gasteiger charge is -2.26. The molecule has 1 nitrogen and oxygen atoms in total. The fourth-order valence-electron chi connectivity index (χ4n) is 4.62. The standard InChI is InChI=1S/C29H38O/c1-3-7-24-10-12-25(13-11-24)8-5-6-9-26-14-18-28(19-15-26)29-20-16-27(17-21-29)23-30-22-4-2/h3-4,7,14-21,24-25H,2,5-6,8-13,22-23H2,1H3/b7-3+. The van der Waals surface area contributed by atoms with Gasteiger partial charge in [0, 0.05) is 0 Å². The second-order valence-electron chi connectivity index (χ2n) is 8.75. The van der Waals surface area contributed by atoms with Crippen molar-refractivity contribution >= 4 is 0 Å². The molecular formula is C29H38O. The highest BCUT2D eigenvalue weighted by molar-refractivity contribution is 5.63. The molecular weight excluding hydrogens is 364 g/mol. The molecule has 2 aromatic carbocycles. The van der Waals surface area contributed by atoms with Crippen LogP contribution in [0, 0.1) is 11.8 Å². The van der Waals surface area contributed by atoms with E-state index in [-0.39, 0.29) is 0 Å². The number of rotatable bonds is 11. The summed E-state index contributed by atoms with van der Waals surface area (Å²) >= 11 is 0. The molecule has 0 heterocycles. The van der Waals surface area contributed by atoms with Crippen molar-refractivity contribution in [2.24, 2.45) is 11.8 Å². The average Bonchev–Trinajstić information content (AvgIpc) is 2.79. The molecule has 0 amide bonds. The molecule has 0 N–H and O–H groups in total. The molecule has 0 atom stereocenters. The maximum Gasteiger partial charge on any atom is 0.0721 e. The summed E-state index contributed by atoms with van der Waals surface area (Å²) in [6.45, 7) is 7.07. The molecule has 2 aromatic rings. The first-order valence-corrected chi connectivity index (χ1v) is 11.8. The summed E-state index contributed by atoms with van der Waals surface area (Å²) in [5.41, 5.74) is 5.22. The summed E-state index contributed by atoms with van der Waals surface area (Å²) in [5.74, 6) is 1.82. The van der Waals surface area contributed by atoms with Crippen molar-refractivity contribution in [3.8, 4) is 11.1 Å². The van der Waals surface area contributed by atoms with E-state index in [4.69, 9.17) is 4.74 Å². The Labute approximate surface area is 183 Å². The summed E-state index contributed by atoms with van der Waals surface area (Å²) in [6.07, 6.45) is 17.4. The molecule has 0 aliphatic heterocycles. The summed E-state index contributed by atoms with van der Waals surface area (Å²) in [5, 5.41) is 0. The zero-order valence-corrected chi connectivity index (χ0v) is 18.7. The molecule has 30 heavy (non-hydrogen) atoms. The van der Waals surface area contributed by atoms with Gasteiger partial charge in [0.2, 0.25) is 0 Å². The predicted octanol–water partition coefficient (Wildman–Crippen LogP) is 8.15. The third-order valence-corrected chi connectivity index (χ3v) is 6.43. The second kappa shape index (κ2) is 12.5. The van der Waals surface area contributed by atoms with Crippen molar-refractivity contribution in [2.45, 2.75) is 64.9 Å². The van der Waals surface area contributed by atoms with E-state index in [2.05, 4.69) is 74.2 Å². The van der Waals surface area contributed by atoms with E-state index in [9.17, 15) is 0 Å². The molecule has 1 aliphatic carbocycles. The van der Waals surface area contributed by atoms with Crippen LogP contribution in [0.1, 0.15) is 63.0 Å². The molecule has 0 spiro atoms. The summed E-state index contributed by atoms with van der Waals surface area (Å²) in [6, 6.07) is 17.8. The van der Waals surface area contributed by atoms with Crippen LogP contribution in [-0.4, -0.2) is 6.61 Å². The third kappa shape index (κ3) is 7.29. The molecule has 1 fully saturated rings. The van der Waals surface area contributed by atoms with E-state index < -0.39 is 0 Å². The van der Waals surface area contributed by atoms with Gasteiger partial charge in [-0.15, -0.1) is 6.58 Å². The Bertz CT molecular complexity index is 761. The van der Waals surface area contributed by atoms with E-state index in [0.717, 1.165) is 11.8 Å². The number of allylic oxidation sites excluding steroid dienone is 2. The van der Waals surface area contributed by atoms with Gasteiger partial charge in [-0.05, 0) is 79.5 Å². The van der Waals surface area contributed by atoms with Crippen molar-refractivity contribution in [2.75, 3.05) is 6.61 Å². The topological polar surface area (TPSA) is 9.23 Å². The molecule has 0 bridgehead atoms. The van der Waals surface area contributed by atoms with E-state index >= 15 is 0 Å². The average molecular weight is 403 g/mol. The lowest BCUT2D eigenvalue weighted by atomic mass is 9.79. The van der Waals surface area contributed by atoms with Gasteiger partial charge in [-0.1, -0.05) is 79.6 Å². The van der Waals surface area contributed by atoms with Gasteiger partial charge in [0.25, 0.3) is 0 Å². The number of benzene rings is 2. The number of hydrogen-bond donors (Lipinski definition) is 0. The number of unbranched alkanes of at least 4 members (excludes halogenated alkanes) is 1. The highest BCUT2D eigenvalue weighted by Crippen LogP contribution is 2.32. The van der Waals surface area contributed by atoms with E-state index in [1.807, 2.05) is 0 Å². The van der Waals surface area contributed by atoms with Gasteiger partial charge in [0.15, 0.2) is 0 Å². The van der Waals surface area contributed by atoms with Crippen molar-refractivity contribution < 1.29 is 4.74 Å². The van der Waals surface area contributed by atoms with Crippen LogP contribution < -0.4 is 0 Å². The summed E-state index contributed by atoms with van der Waals surface area (Å²) < 4.78 is 5.51. The van der Waals surface area contributed by atoms with Gasteiger partial charge in [-0.25, -0.2) is 0 Å². The second-order valence-corrected chi connectivity index (χ2v) is 8.75. The number of ether oxygens (including phenoxy) is 1. The fraction of sp³-hybridized carbons (Fsp3) is 0.448. The molecule has 160 valence electrons. The zero-order chi connectivity index (χ0) is 21.0. The minimum absolute atomic E-state index is 0.598. The van der Waals surface area contributed by atoms with E-state index in [0.29, 0.717) is 13.2 Å². The molecule has 0 saturated heterocycles. The van der Waals surface area contributed by atoms with Crippen LogP contribution in [0.4, 0.5) is 0 Å². The van der Waals surface area contributed by atoms with Crippen molar-refractivity contribution in [3.05, 3.63) is 84.5 Å². The van der Waals surface area contributed by atoms with Crippen LogP contribution in [-0.2, 0) is 17.8 Å². The lowest BCUT2D eigenvalue weighted by Crippen LogP contribution is -2.13. The van der Waals surface area contributed by atoms with Crippen molar-refractivity contribution in [1.29, 1.82) is 0 Å². The fourth-order valence-corrected chi connectivity index (χ4v) is 4.62. The Morgan fingerprint density at radius 2 is 1.50 bits per heavy atom. The molecule has 0 aromatic heterocycles. The number of hydrogen-bond acceptors (Lipinski definition) is 1. The van der Waals surface area contributed by atoms with Crippen molar-refractivity contribution in [1.82, 2.24) is 0 Å². The molecule has 1 aliphatic rings. The van der Waals surface area contributed by atoms with Gasteiger partial charge in [0.05, 0.1) is 13.2 Å². The predicted molar refractivity (Wildman–Crippen MR) is 130 cm³/mol. The Kier molecular flexibility index (Phi) is 9.44. The van der Waals surface area contributed by atoms with Crippen LogP contribution >= 0.6 is 0 Å². The first-order chi connectivity index (χ1) is 14.8. The highest BCUT2D eigenvalue weighted by atomic mass is 16.5. The Hall–Kier alpha value is -2.12. The van der Waals surface area contributed by atoms with Gasteiger partial charge in [-0.2, -0.15) is 0 Å². The monoisotopic (exact) mass is 402 g/mol. The largest absolute Gasteiger partial charge is 0.373 e. The van der Waals surface area contributed by atoms with Crippen LogP contribution in [0.5, 0.6) is 0 Å². The summed E-state index contributed by atoms with van der Waals surface area (Å²) in [4.78, 5) is 0.